The number of fused-ring (bicyclic) bond motifs is 1. The van der Waals surface area contributed by atoms with E-state index in [2.05, 4.69) is 5.10 Å². The van der Waals surface area contributed by atoms with Crippen molar-refractivity contribution < 1.29 is 13.2 Å². The maximum absolute atomic E-state index is 12.7. The summed E-state index contributed by atoms with van der Waals surface area (Å²) in [6.45, 7) is 5.41. The molecule has 1 aliphatic rings. The Morgan fingerprint density at radius 1 is 1.32 bits per heavy atom. The van der Waals surface area contributed by atoms with E-state index in [-0.39, 0.29) is 10.5 Å². The van der Waals surface area contributed by atoms with Crippen LogP contribution in [0.2, 0.25) is 0 Å². The number of hydrogen-bond acceptors (Lipinski definition) is 5. The van der Waals surface area contributed by atoms with E-state index in [0.29, 0.717) is 44.2 Å². The summed E-state index contributed by atoms with van der Waals surface area (Å²) in [6.07, 6.45) is 1.46. The Bertz CT molecular complexity index is 862. The van der Waals surface area contributed by atoms with Crippen molar-refractivity contribution in [2.45, 2.75) is 25.3 Å². The lowest BCUT2D eigenvalue weighted by Gasteiger charge is -2.25. The molecule has 0 radical (unpaired) electrons. The van der Waals surface area contributed by atoms with Crippen molar-refractivity contribution in [1.82, 2.24) is 18.5 Å². The number of morpholine rings is 1. The number of aryl methyl sites for hydroxylation is 2. The van der Waals surface area contributed by atoms with Gasteiger partial charge in [0.05, 0.1) is 13.2 Å². The van der Waals surface area contributed by atoms with Crippen molar-refractivity contribution in [2.24, 2.45) is 0 Å². The Labute approximate surface area is 128 Å². The van der Waals surface area contributed by atoms with Crippen molar-refractivity contribution in [1.29, 1.82) is 0 Å². The molecule has 0 atom stereocenters. The van der Waals surface area contributed by atoms with Gasteiger partial charge in [-0.25, -0.2) is 13.1 Å². The number of ether oxygens (including phenoxy) is 1. The van der Waals surface area contributed by atoms with Crippen LogP contribution in [0.15, 0.2) is 22.0 Å². The summed E-state index contributed by atoms with van der Waals surface area (Å²) in [7, 11) is -3.62. The Morgan fingerprint density at radius 2 is 2.00 bits per heavy atom. The third kappa shape index (κ3) is 2.34. The van der Waals surface area contributed by atoms with Crippen LogP contribution >= 0.6 is 0 Å². The SMILES string of the molecule is CCn1nc(C)n2cc(S(=O)(=O)N3CCOCC3)cc2c1=O. The maximum atomic E-state index is 12.7. The first-order valence-corrected chi connectivity index (χ1v) is 8.57. The highest BCUT2D eigenvalue weighted by atomic mass is 32.2. The summed E-state index contributed by atoms with van der Waals surface area (Å²) in [5.74, 6) is 0.569. The molecule has 2 aromatic heterocycles. The van der Waals surface area contributed by atoms with E-state index >= 15 is 0 Å². The Hall–Kier alpha value is -1.71. The molecule has 0 aromatic carbocycles. The maximum Gasteiger partial charge on any atom is 0.291 e. The van der Waals surface area contributed by atoms with Crippen molar-refractivity contribution >= 4 is 15.5 Å². The molecule has 1 saturated heterocycles. The average molecular weight is 326 g/mol. The molecular weight excluding hydrogens is 308 g/mol. The van der Waals surface area contributed by atoms with E-state index in [9.17, 15) is 13.2 Å². The minimum absolute atomic E-state index is 0.116. The number of aromatic nitrogens is 3. The summed E-state index contributed by atoms with van der Waals surface area (Å²) >= 11 is 0. The third-order valence-corrected chi connectivity index (χ3v) is 5.63. The van der Waals surface area contributed by atoms with Crippen molar-refractivity contribution in [3.8, 4) is 0 Å². The van der Waals surface area contributed by atoms with Crippen LogP contribution in [0.3, 0.4) is 0 Å². The standard InChI is InChI=1S/C13H18N4O4S/c1-3-17-13(18)12-8-11(9-16(12)10(2)14-17)22(19,20)15-4-6-21-7-5-15/h8-9H,3-7H2,1-2H3. The topological polar surface area (TPSA) is 85.9 Å². The normalized spacial score (nSPS) is 17.2. The minimum atomic E-state index is -3.62. The van der Waals surface area contributed by atoms with Crippen molar-refractivity contribution in [2.75, 3.05) is 26.3 Å². The fourth-order valence-corrected chi connectivity index (χ4v) is 3.99. The molecule has 0 saturated carbocycles. The molecule has 1 fully saturated rings. The first-order valence-electron chi connectivity index (χ1n) is 7.13. The van der Waals surface area contributed by atoms with Crippen LogP contribution in [0.4, 0.5) is 0 Å². The fraction of sp³-hybridized carbons (Fsp3) is 0.538. The monoisotopic (exact) mass is 326 g/mol. The van der Waals surface area contributed by atoms with Crippen LogP contribution in [0.1, 0.15) is 12.7 Å². The summed E-state index contributed by atoms with van der Waals surface area (Å²) in [6, 6.07) is 1.42. The molecule has 0 N–H and O–H groups in total. The molecule has 1 aliphatic heterocycles. The van der Waals surface area contributed by atoms with Gasteiger partial charge < -0.3 is 4.74 Å². The van der Waals surface area contributed by atoms with Gasteiger partial charge in [0, 0.05) is 25.8 Å². The van der Waals surface area contributed by atoms with E-state index < -0.39 is 10.0 Å². The van der Waals surface area contributed by atoms with Gasteiger partial charge in [0.15, 0.2) is 0 Å². The summed E-state index contributed by atoms with van der Waals surface area (Å²) in [5.41, 5.74) is 0.0257. The number of sulfonamides is 1. The molecule has 8 nitrogen and oxygen atoms in total. The molecular formula is C13H18N4O4S. The van der Waals surface area contributed by atoms with Crippen LogP contribution < -0.4 is 5.56 Å². The molecule has 2 aromatic rings. The predicted molar refractivity (Wildman–Crippen MR) is 79.4 cm³/mol. The number of rotatable bonds is 3. The van der Waals surface area contributed by atoms with Crippen LogP contribution in [-0.4, -0.2) is 53.2 Å². The Kier molecular flexibility index (Phi) is 3.79. The van der Waals surface area contributed by atoms with E-state index in [0.717, 1.165) is 0 Å². The zero-order valence-corrected chi connectivity index (χ0v) is 13.3. The average Bonchev–Trinajstić information content (AvgIpc) is 2.98. The molecule has 3 heterocycles. The zero-order valence-electron chi connectivity index (χ0n) is 12.5. The van der Waals surface area contributed by atoms with Gasteiger partial charge in [-0.1, -0.05) is 0 Å². The first-order chi connectivity index (χ1) is 10.4. The van der Waals surface area contributed by atoms with E-state index in [1.165, 1.54) is 25.7 Å². The summed E-state index contributed by atoms with van der Waals surface area (Å²) in [5, 5.41) is 4.17. The molecule has 0 bridgehead atoms. The second-order valence-corrected chi connectivity index (χ2v) is 7.05. The van der Waals surface area contributed by atoms with Crippen LogP contribution in [0.25, 0.3) is 5.52 Å². The summed E-state index contributed by atoms with van der Waals surface area (Å²) in [4.78, 5) is 12.4. The lowest BCUT2D eigenvalue weighted by atomic mass is 10.5. The highest BCUT2D eigenvalue weighted by Gasteiger charge is 2.28. The van der Waals surface area contributed by atoms with Crippen molar-refractivity contribution in [3.05, 3.63) is 28.4 Å². The molecule has 0 spiro atoms. The molecule has 0 amide bonds. The van der Waals surface area contributed by atoms with Crippen LogP contribution in [0, 0.1) is 6.92 Å². The molecule has 0 aliphatic carbocycles. The quantitative estimate of drug-likeness (QED) is 0.783. The molecule has 0 unspecified atom stereocenters. The van der Waals surface area contributed by atoms with Gasteiger partial charge in [-0.2, -0.15) is 9.40 Å². The molecule has 3 rings (SSSR count). The van der Waals surface area contributed by atoms with Crippen LogP contribution in [0.5, 0.6) is 0 Å². The van der Waals surface area contributed by atoms with Gasteiger partial charge in [0.2, 0.25) is 10.0 Å². The first kappa shape index (κ1) is 15.2. The second kappa shape index (κ2) is 5.49. The van der Waals surface area contributed by atoms with Crippen molar-refractivity contribution in [3.63, 3.8) is 0 Å². The van der Waals surface area contributed by atoms with Gasteiger partial charge in [0.25, 0.3) is 5.56 Å². The van der Waals surface area contributed by atoms with E-state index in [4.69, 9.17) is 4.74 Å². The van der Waals surface area contributed by atoms with Gasteiger partial charge >= 0.3 is 0 Å². The van der Waals surface area contributed by atoms with Gasteiger partial charge in [-0.05, 0) is 19.9 Å². The third-order valence-electron chi connectivity index (χ3n) is 3.77. The molecule has 120 valence electrons. The minimum Gasteiger partial charge on any atom is -0.379 e. The molecule has 9 heteroatoms. The van der Waals surface area contributed by atoms with E-state index in [1.807, 2.05) is 6.92 Å². The van der Waals surface area contributed by atoms with Gasteiger partial charge in [-0.15, -0.1) is 0 Å². The predicted octanol–water partition coefficient (Wildman–Crippen LogP) is -0.155. The molecule has 22 heavy (non-hydrogen) atoms. The largest absolute Gasteiger partial charge is 0.379 e. The second-order valence-electron chi connectivity index (χ2n) is 5.12. The Balaban J connectivity index is 2.14. The number of nitrogens with zero attached hydrogens (tertiary/aromatic N) is 4. The van der Waals surface area contributed by atoms with Gasteiger partial charge in [0.1, 0.15) is 16.2 Å². The summed E-state index contributed by atoms with van der Waals surface area (Å²) < 4.78 is 34.7. The van der Waals surface area contributed by atoms with Gasteiger partial charge in [-0.3, -0.25) is 9.20 Å². The highest BCUT2D eigenvalue weighted by Crippen LogP contribution is 2.19. The Morgan fingerprint density at radius 3 is 2.64 bits per heavy atom. The lowest BCUT2D eigenvalue weighted by molar-refractivity contribution is 0.0730. The zero-order chi connectivity index (χ0) is 15.9. The smallest absolute Gasteiger partial charge is 0.291 e. The number of hydrogen-bond donors (Lipinski definition) is 0. The van der Waals surface area contributed by atoms with E-state index in [1.54, 1.807) is 6.92 Å². The highest BCUT2D eigenvalue weighted by molar-refractivity contribution is 7.89. The fourth-order valence-electron chi connectivity index (χ4n) is 2.56. The lowest BCUT2D eigenvalue weighted by Crippen LogP contribution is -2.40. The van der Waals surface area contributed by atoms with Crippen LogP contribution in [-0.2, 0) is 21.3 Å².